The van der Waals surface area contributed by atoms with Gasteiger partial charge in [-0.05, 0) is 67.9 Å². The fraction of sp³-hybridized carbons (Fsp3) is 0.143. The molecule has 3 aromatic carbocycles. The molecule has 0 amide bonds. The predicted octanol–water partition coefficient (Wildman–Crippen LogP) is 7.06. The number of ether oxygens (including phenoxy) is 1. The lowest BCUT2D eigenvalue weighted by atomic mass is 9.85. The van der Waals surface area contributed by atoms with Gasteiger partial charge in [0, 0.05) is 17.3 Å². The standard InChI is InChI=1S/C28H22Cl4N4O3/c1-14-24(27(37)35(33-14)17-6-10-20(29)22(31)12-17)26(16-4-8-19(39-3)9-5-16)25-15(2)34-36(28(25)38)18-7-11-21(30)23(32)13-18/h4-13,26,33-34H,1-3H3. The van der Waals surface area contributed by atoms with Crippen LogP contribution < -0.4 is 15.9 Å². The van der Waals surface area contributed by atoms with Crippen LogP contribution in [0.3, 0.4) is 0 Å². The van der Waals surface area contributed by atoms with E-state index in [4.69, 9.17) is 51.1 Å². The van der Waals surface area contributed by atoms with Gasteiger partial charge in [0.05, 0.1) is 49.7 Å². The number of hydrogen-bond acceptors (Lipinski definition) is 3. The molecule has 2 aromatic heterocycles. The molecular formula is C28H22Cl4N4O3. The number of hydrogen-bond donors (Lipinski definition) is 2. The molecule has 5 aromatic rings. The Bertz CT molecular complexity index is 1710. The summed E-state index contributed by atoms with van der Waals surface area (Å²) in [5, 5.41) is 7.65. The van der Waals surface area contributed by atoms with Crippen LogP contribution in [0.5, 0.6) is 5.75 Å². The molecule has 0 atom stereocenters. The smallest absolute Gasteiger partial charge is 0.275 e. The first kappa shape index (κ1) is 27.2. The Morgan fingerprint density at radius 3 is 1.49 bits per heavy atom. The van der Waals surface area contributed by atoms with E-state index in [1.807, 2.05) is 12.1 Å². The average Bonchev–Trinajstić information content (AvgIpc) is 3.38. The molecule has 5 rings (SSSR count). The maximum atomic E-state index is 14.0. The van der Waals surface area contributed by atoms with Crippen molar-refractivity contribution in [3.63, 3.8) is 0 Å². The van der Waals surface area contributed by atoms with Crippen LogP contribution in [-0.4, -0.2) is 26.7 Å². The maximum Gasteiger partial charge on any atom is 0.275 e. The van der Waals surface area contributed by atoms with Crippen molar-refractivity contribution in [3.8, 4) is 17.1 Å². The van der Waals surface area contributed by atoms with E-state index in [1.165, 1.54) is 9.36 Å². The number of methoxy groups -OCH3 is 1. The van der Waals surface area contributed by atoms with Gasteiger partial charge in [0.1, 0.15) is 5.75 Å². The Kier molecular flexibility index (Phi) is 7.44. The fourth-order valence-corrected chi connectivity index (χ4v) is 5.27. The molecule has 0 aliphatic rings. The van der Waals surface area contributed by atoms with Crippen LogP contribution in [-0.2, 0) is 0 Å². The van der Waals surface area contributed by atoms with E-state index in [0.29, 0.717) is 59.7 Å². The topological polar surface area (TPSA) is 84.8 Å². The van der Waals surface area contributed by atoms with Gasteiger partial charge in [-0.3, -0.25) is 19.8 Å². The molecule has 2 N–H and O–H groups in total. The number of halogens is 4. The minimum atomic E-state index is -0.712. The molecule has 2 heterocycles. The highest BCUT2D eigenvalue weighted by Crippen LogP contribution is 2.34. The molecule has 0 radical (unpaired) electrons. The highest BCUT2D eigenvalue weighted by Gasteiger charge is 2.31. The van der Waals surface area contributed by atoms with Gasteiger partial charge in [-0.25, -0.2) is 9.36 Å². The molecule has 0 spiro atoms. The van der Waals surface area contributed by atoms with Gasteiger partial charge in [-0.2, -0.15) is 0 Å². The van der Waals surface area contributed by atoms with E-state index < -0.39 is 5.92 Å². The van der Waals surface area contributed by atoms with E-state index >= 15 is 0 Å². The summed E-state index contributed by atoms with van der Waals surface area (Å²) in [5.74, 6) is -0.0630. The van der Waals surface area contributed by atoms with Crippen molar-refractivity contribution >= 4 is 46.4 Å². The lowest BCUT2D eigenvalue weighted by molar-refractivity contribution is 0.414. The first-order chi connectivity index (χ1) is 18.6. The summed E-state index contributed by atoms with van der Waals surface area (Å²) in [6.45, 7) is 3.58. The van der Waals surface area contributed by atoms with Crippen LogP contribution in [0.1, 0.15) is 34.0 Å². The second kappa shape index (κ2) is 10.7. The van der Waals surface area contributed by atoms with Crippen LogP contribution in [0.4, 0.5) is 0 Å². The van der Waals surface area contributed by atoms with Crippen molar-refractivity contribution in [3.05, 3.63) is 130 Å². The molecule has 0 unspecified atom stereocenters. The molecule has 0 saturated heterocycles. The second-order valence-electron chi connectivity index (χ2n) is 8.99. The lowest BCUT2D eigenvalue weighted by Gasteiger charge is -2.16. The van der Waals surface area contributed by atoms with Crippen LogP contribution in [0, 0.1) is 13.8 Å². The van der Waals surface area contributed by atoms with E-state index in [1.54, 1.807) is 69.5 Å². The molecule has 11 heteroatoms. The number of benzene rings is 3. The van der Waals surface area contributed by atoms with Crippen molar-refractivity contribution in [2.75, 3.05) is 7.11 Å². The number of H-pyrrole nitrogens is 2. The first-order valence-electron chi connectivity index (χ1n) is 11.8. The van der Waals surface area contributed by atoms with Crippen LogP contribution in [0.2, 0.25) is 20.1 Å². The fourth-order valence-electron chi connectivity index (χ4n) is 4.68. The number of aryl methyl sites for hydroxylation is 2. The number of aromatic nitrogens is 4. The van der Waals surface area contributed by atoms with Gasteiger partial charge >= 0.3 is 0 Å². The van der Waals surface area contributed by atoms with Crippen molar-refractivity contribution in [1.29, 1.82) is 0 Å². The molecule has 0 aliphatic heterocycles. The van der Waals surface area contributed by atoms with Crippen LogP contribution >= 0.6 is 46.4 Å². The largest absolute Gasteiger partial charge is 0.497 e. The molecule has 0 fully saturated rings. The quantitative estimate of drug-likeness (QED) is 0.218. The predicted molar refractivity (Wildman–Crippen MR) is 156 cm³/mol. The summed E-state index contributed by atoms with van der Waals surface area (Å²) in [6, 6.07) is 17.1. The zero-order valence-corrected chi connectivity index (χ0v) is 24.0. The highest BCUT2D eigenvalue weighted by atomic mass is 35.5. The van der Waals surface area contributed by atoms with Gasteiger partial charge in [-0.15, -0.1) is 0 Å². The third-order valence-corrected chi connectivity index (χ3v) is 8.06. The normalized spacial score (nSPS) is 11.4. The molecule has 0 aliphatic carbocycles. The zero-order chi connectivity index (χ0) is 28.0. The Morgan fingerprint density at radius 2 is 1.10 bits per heavy atom. The van der Waals surface area contributed by atoms with Crippen LogP contribution in [0.25, 0.3) is 11.4 Å². The number of nitrogens with one attached hydrogen (secondary N) is 2. The lowest BCUT2D eigenvalue weighted by Crippen LogP contribution is -2.25. The summed E-state index contributed by atoms with van der Waals surface area (Å²) in [4.78, 5) is 27.9. The highest BCUT2D eigenvalue weighted by molar-refractivity contribution is 6.42. The van der Waals surface area contributed by atoms with Gasteiger partial charge in [0.25, 0.3) is 11.1 Å². The average molecular weight is 604 g/mol. The van der Waals surface area contributed by atoms with Crippen molar-refractivity contribution < 1.29 is 4.74 Å². The Morgan fingerprint density at radius 1 is 0.667 bits per heavy atom. The van der Waals surface area contributed by atoms with E-state index in [2.05, 4.69) is 10.2 Å². The number of rotatable bonds is 6. The molecule has 0 bridgehead atoms. The van der Waals surface area contributed by atoms with E-state index in [9.17, 15) is 9.59 Å². The Hall–Kier alpha value is -3.36. The first-order valence-corrected chi connectivity index (χ1v) is 13.3. The molecule has 7 nitrogen and oxygen atoms in total. The minimum absolute atomic E-state index is 0.313. The third-order valence-electron chi connectivity index (χ3n) is 6.58. The van der Waals surface area contributed by atoms with Gasteiger partial charge < -0.3 is 4.74 Å². The van der Waals surface area contributed by atoms with Crippen molar-refractivity contribution in [2.24, 2.45) is 0 Å². The summed E-state index contributed by atoms with van der Waals surface area (Å²) in [7, 11) is 1.57. The summed E-state index contributed by atoms with van der Waals surface area (Å²) >= 11 is 24.6. The molecular weight excluding hydrogens is 582 g/mol. The van der Waals surface area contributed by atoms with Crippen molar-refractivity contribution in [1.82, 2.24) is 19.6 Å². The maximum absolute atomic E-state index is 14.0. The Balaban J connectivity index is 1.75. The summed E-state index contributed by atoms with van der Waals surface area (Å²) in [6.07, 6.45) is 0. The Labute approximate surface area is 243 Å². The number of nitrogens with zero attached hydrogens (tertiary/aromatic N) is 2. The monoisotopic (exact) mass is 602 g/mol. The zero-order valence-electron chi connectivity index (χ0n) is 21.0. The van der Waals surface area contributed by atoms with Gasteiger partial charge in [0.2, 0.25) is 0 Å². The number of aromatic amines is 2. The second-order valence-corrected chi connectivity index (χ2v) is 10.6. The van der Waals surface area contributed by atoms with E-state index in [-0.39, 0.29) is 11.1 Å². The SMILES string of the molecule is COc1ccc(C(c2c(C)[nH]n(-c3ccc(Cl)c(Cl)c3)c2=O)c2c(C)[nH]n(-c3ccc(Cl)c(Cl)c3)c2=O)cc1. The van der Waals surface area contributed by atoms with Crippen molar-refractivity contribution in [2.45, 2.75) is 19.8 Å². The molecule has 39 heavy (non-hydrogen) atoms. The van der Waals surface area contributed by atoms with Gasteiger partial charge in [0.15, 0.2) is 0 Å². The third kappa shape index (κ3) is 4.92. The summed E-state index contributed by atoms with van der Waals surface area (Å²) in [5.41, 5.74) is 3.10. The molecule has 0 saturated carbocycles. The summed E-state index contributed by atoms with van der Waals surface area (Å²) < 4.78 is 8.11. The van der Waals surface area contributed by atoms with Gasteiger partial charge in [-0.1, -0.05) is 58.5 Å². The van der Waals surface area contributed by atoms with E-state index in [0.717, 1.165) is 5.56 Å². The minimum Gasteiger partial charge on any atom is -0.497 e. The molecule has 200 valence electrons. The van der Waals surface area contributed by atoms with Crippen LogP contribution in [0.15, 0.2) is 70.3 Å².